The lowest BCUT2D eigenvalue weighted by Crippen LogP contribution is -2.48. The predicted molar refractivity (Wildman–Crippen MR) is 95.1 cm³/mol. The molecule has 3 fully saturated rings. The van der Waals surface area contributed by atoms with Crippen LogP contribution in [-0.4, -0.2) is 32.6 Å². The zero-order valence-electron chi connectivity index (χ0n) is 15.2. The Morgan fingerprint density at radius 1 is 1.15 bits per heavy atom. The Balaban J connectivity index is 1.76. The molecule has 0 aromatic carbocycles. The number of aromatic amines is 2. The summed E-state index contributed by atoms with van der Waals surface area (Å²) in [6.07, 6.45) is 5.59. The van der Waals surface area contributed by atoms with Crippen molar-refractivity contribution in [1.82, 2.24) is 19.5 Å². The van der Waals surface area contributed by atoms with Crippen LogP contribution in [0.2, 0.25) is 0 Å². The Bertz CT molecular complexity index is 959. The summed E-state index contributed by atoms with van der Waals surface area (Å²) < 4.78 is 6.55. The third kappa shape index (κ3) is 2.27. The molecule has 3 aliphatic carbocycles. The van der Waals surface area contributed by atoms with Crippen LogP contribution in [-0.2, 0) is 21.5 Å². The van der Waals surface area contributed by atoms with Crippen molar-refractivity contribution in [1.29, 1.82) is 0 Å². The van der Waals surface area contributed by atoms with Crippen LogP contribution >= 0.6 is 0 Å². The summed E-state index contributed by atoms with van der Waals surface area (Å²) >= 11 is 0. The largest absolute Gasteiger partial charge is 0.469 e. The Morgan fingerprint density at radius 2 is 1.81 bits per heavy atom. The van der Waals surface area contributed by atoms with Crippen LogP contribution in [0.5, 0.6) is 0 Å². The van der Waals surface area contributed by atoms with Crippen LogP contribution in [0.3, 0.4) is 0 Å². The fourth-order valence-electron chi connectivity index (χ4n) is 4.79. The minimum Gasteiger partial charge on any atom is -0.469 e. The predicted octanol–water partition coefficient (Wildman–Crippen LogP) is 1.59. The molecule has 0 radical (unpaired) electrons. The lowest BCUT2D eigenvalue weighted by atomic mass is 9.53. The molecule has 2 heterocycles. The van der Waals surface area contributed by atoms with Crippen molar-refractivity contribution in [3.63, 3.8) is 0 Å². The zero-order valence-corrected chi connectivity index (χ0v) is 15.2. The Hall–Kier alpha value is -2.38. The first kappa shape index (κ1) is 17.1. The lowest BCUT2D eigenvalue weighted by molar-refractivity contribution is -0.160. The van der Waals surface area contributed by atoms with Crippen molar-refractivity contribution < 1.29 is 9.53 Å². The van der Waals surface area contributed by atoms with E-state index < -0.39 is 11.2 Å². The van der Waals surface area contributed by atoms with E-state index >= 15 is 0 Å². The minimum absolute atomic E-state index is 0.108. The average Bonchev–Trinajstić information content (AvgIpc) is 3.12. The number of aromatic nitrogens is 4. The molecule has 0 spiro atoms. The second-order valence-corrected chi connectivity index (χ2v) is 7.75. The standard InChI is InChI=1S/C18H24N4O4/c1-3-10-22-12-11(13(23)21-16(22)25)19-14(20-12)17-4-7-18(8-5-17,9-6-17)15(24)26-2/h3-10H2,1-2H3,(H,19,20)(H,21,23,25). The SMILES string of the molecule is CCCn1c(=O)[nH]c(=O)c2[nH]c(C34CCC(C(=O)OC)(CC3)CC4)nc21. The molecule has 2 bridgehead atoms. The molecule has 0 amide bonds. The van der Waals surface area contributed by atoms with Gasteiger partial charge in [-0.2, -0.15) is 0 Å². The number of hydrogen-bond acceptors (Lipinski definition) is 5. The number of methoxy groups -OCH3 is 1. The molecule has 2 aromatic rings. The highest BCUT2D eigenvalue weighted by atomic mass is 16.5. The maximum absolute atomic E-state index is 12.2. The molecule has 0 atom stereocenters. The maximum Gasteiger partial charge on any atom is 0.330 e. The number of ether oxygens (including phenoxy) is 1. The molecule has 0 aliphatic heterocycles. The first-order valence-electron chi connectivity index (χ1n) is 9.26. The highest BCUT2D eigenvalue weighted by Crippen LogP contribution is 2.57. The van der Waals surface area contributed by atoms with Crippen molar-refractivity contribution >= 4 is 17.1 Å². The molecular formula is C18H24N4O4. The quantitative estimate of drug-likeness (QED) is 0.805. The van der Waals surface area contributed by atoms with E-state index in [1.165, 1.54) is 11.7 Å². The van der Waals surface area contributed by atoms with Gasteiger partial charge < -0.3 is 9.72 Å². The molecule has 0 saturated heterocycles. The van der Waals surface area contributed by atoms with E-state index in [4.69, 9.17) is 9.72 Å². The molecule has 3 saturated carbocycles. The number of rotatable bonds is 4. The molecule has 8 heteroatoms. The maximum atomic E-state index is 12.2. The monoisotopic (exact) mass is 360 g/mol. The van der Waals surface area contributed by atoms with Crippen molar-refractivity contribution in [2.45, 2.75) is 63.8 Å². The van der Waals surface area contributed by atoms with Gasteiger partial charge in [0, 0.05) is 12.0 Å². The Kier molecular flexibility index (Phi) is 3.82. The summed E-state index contributed by atoms with van der Waals surface area (Å²) in [6, 6.07) is 0. The number of nitrogens with one attached hydrogen (secondary N) is 2. The fourth-order valence-corrected chi connectivity index (χ4v) is 4.79. The number of carbonyl (C=O) groups is 1. The van der Waals surface area contributed by atoms with Crippen LogP contribution in [0.1, 0.15) is 57.7 Å². The van der Waals surface area contributed by atoms with E-state index in [9.17, 15) is 14.4 Å². The van der Waals surface area contributed by atoms with Crippen LogP contribution in [0.15, 0.2) is 9.59 Å². The van der Waals surface area contributed by atoms with Gasteiger partial charge in [-0.1, -0.05) is 6.92 Å². The first-order chi connectivity index (χ1) is 12.4. The van der Waals surface area contributed by atoms with E-state index in [2.05, 4.69) is 9.97 Å². The summed E-state index contributed by atoms with van der Waals surface area (Å²) in [5, 5.41) is 0. The van der Waals surface area contributed by atoms with Gasteiger partial charge in [-0.15, -0.1) is 0 Å². The van der Waals surface area contributed by atoms with Crippen LogP contribution in [0, 0.1) is 5.41 Å². The van der Waals surface area contributed by atoms with E-state index in [0.717, 1.165) is 50.8 Å². The van der Waals surface area contributed by atoms with Crippen molar-refractivity contribution in [3.8, 4) is 0 Å². The van der Waals surface area contributed by atoms with E-state index in [1.807, 2.05) is 6.92 Å². The van der Waals surface area contributed by atoms with Gasteiger partial charge in [-0.25, -0.2) is 9.78 Å². The van der Waals surface area contributed by atoms with Crippen molar-refractivity contribution in [2.24, 2.45) is 5.41 Å². The third-order valence-electron chi connectivity index (χ3n) is 6.45. The zero-order chi connectivity index (χ0) is 18.5. The highest BCUT2D eigenvalue weighted by molar-refractivity contribution is 5.77. The summed E-state index contributed by atoms with van der Waals surface area (Å²) in [7, 11) is 1.45. The second-order valence-electron chi connectivity index (χ2n) is 7.75. The molecule has 0 unspecified atom stereocenters. The summed E-state index contributed by atoms with van der Waals surface area (Å²) in [5.41, 5.74) is -0.573. The number of hydrogen-bond donors (Lipinski definition) is 2. The van der Waals surface area contributed by atoms with E-state index in [1.54, 1.807) is 0 Å². The first-order valence-corrected chi connectivity index (χ1v) is 9.26. The summed E-state index contributed by atoms with van der Waals surface area (Å²) in [5.74, 6) is 0.662. The molecule has 8 nitrogen and oxygen atoms in total. The Morgan fingerprint density at radius 3 is 2.38 bits per heavy atom. The van der Waals surface area contributed by atoms with Gasteiger partial charge in [-0.05, 0) is 44.9 Å². The number of carbonyl (C=O) groups excluding carboxylic acids is 1. The van der Waals surface area contributed by atoms with Crippen molar-refractivity contribution in [2.75, 3.05) is 7.11 Å². The second kappa shape index (κ2) is 5.82. The topological polar surface area (TPSA) is 110 Å². The number of fused-ring (bicyclic) bond motifs is 4. The van der Waals surface area contributed by atoms with Crippen LogP contribution < -0.4 is 11.2 Å². The van der Waals surface area contributed by atoms with Crippen LogP contribution in [0.4, 0.5) is 0 Å². The molecular weight excluding hydrogens is 336 g/mol. The van der Waals surface area contributed by atoms with Gasteiger partial charge in [-0.3, -0.25) is 19.1 Å². The van der Waals surface area contributed by atoms with Gasteiger partial charge in [0.2, 0.25) is 0 Å². The number of nitrogens with zero attached hydrogens (tertiary/aromatic N) is 2. The van der Waals surface area contributed by atoms with E-state index in [-0.39, 0.29) is 16.8 Å². The third-order valence-corrected chi connectivity index (χ3v) is 6.45. The van der Waals surface area contributed by atoms with Gasteiger partial charge in [0.15, 0.2) is 5.65 Å². The average molecular weight is 360 g/mol. The summed E-state index contributed by atoms with van der Waals surface area (Å²) in [6.45, 7) is 2.49. The highest BCUT2D eigenvalue weighted by Gasteiger charge is 2.54. The molecule has 2 aromatic heterocycles. The van der Waals surface area contributed by atoms with Crippen molar-refractivity contribution in [3.05, 3.63) is 26.7 Å². The minimum atomic E-state index is -0.428. The van der Waals surface area contributed by atoms with Crippen LogP contribution in [0.25, 0.3) is 11.2 Å². The molecule has 3 aliphatic rings. The molecule has 140 valence electrons. The van der Waals surface area contributed by atoms with E-state index in [0.29, 0.717) is 17.7 Å². The lowest BCUT2D eigenvalue weighted by Gasteiger charge is -2.50. The van der Waals surface area contributed by atoms with Gasteiger partial charge >= 0.3 is 11.7 Å². The molecule has 5 rings (SSSR count). The Labute approximate surface area is 150 Å². The van der Waals surface area contributed by atoms with Gasteiger partial charge in [0.1, 0.15) is 11.3 Å². The summed E-state index contributed by atoms with van der Waals surface area (Å²) in [4.78, 5) is 46.8. The van der Waals surface area contributed by atoms with Gasteiger partial charge in [0.25, 0.3) is 5.56 Å². The number of aryl methyl sites for hydroxylation is 1. The number of esters is 1. The normalized spacial score (nSPS) is 27.8. The molecule has 2 N–H and O–H groups in total. The van der Waals surface area contributed by atoms with Gasteiger partial charge in [0.05, 0.1) is 12.5 Å². The number of imidazole rings is 1. The fraction of sp³-hybridized carbons (Fsp3) is 0.667. The number of H-pyrrole nitrogens is 2. The molecule has 26 heavy (non-hydrogen) atoms. The smallest absolute Gasteiger partial charge is 0.330 e.